The van der Waals surface area contributed by atoms with Crippen LogP contribution in [0.15, 0.2) is 46.2 Å². The van der Waals surface area contributed by atoms with Gasteiger partial charge in [0.15, 0.2) is 11.2 Å². The van der Waals surface area contributed by atoms with Crippen LogP contribution in [0.2, 0.25) is 0 Å². The molecule has 0 aliphatic rings. The zero-order valence-corrected chi connectivity index (χ0v) is 20.4. The minimum absolute atomic E-state index is 0.147. The quantitative estimate of drug-likeness (QED) is 0.388. The number of hydrogen-bond donors (Lipinski definition) is 2. The van der Waals surface area contributed by atoms with Gasteiger partial charge in [-0.3, -0.25) is 19.2 Å². The fraction of sp³-hybridized carbons (Fsp3) is 0.304. The molecule has 0 saturated carbocycles. The van der Waals surface area contributed by atoms with Gasteiger partial charge in [-0.25, -0.2) is 19.3 Å². The molecule has 186 valence electrons. The summed E-state index contributed by atoms with van der Waals surface area (Å²) >= 11 is 0. The maximum Gasteiger partial charge on any atom is 0.419 e. The standard InChI is InChI=1S/C23H25N9O4/c1-23(2,3)36-22(35)32-14(10-13-8-6-7-9-15(13)32)11-31-18(33)16-17(30(5)21(31)34)26-20(29(16)4)27-19-24-12-25-28-19/h6-10,12H,11H2,1-5H3,(H2,24,25,26,27,28). The number of carbonyl (C=O) groups is 1. The van der Waals surface area contributed by atoms with E-state index < -0.39 is 22.9 Å². The summed E-state index contributed by atoms with van der Waals surface area (Å²) < 4.78 is 10.9. The normalized spacial score (nSPS) is 11.9. The van der Waals surface area contributed by atoms with Gasteiger partial charge in [0.2, 0.25) is 11.9 Å². The number of fused-ring (bicyclic) bond motifs is 2. The molecule has 0 aliphatic heterocycles. The number of rotatable bonds is 4. The van der Waals surface area contributed by atoms with Crippen molar-refractivity contribution in [1.82, 2.24) is 38.4 Å². The van der Waals surface area contributed by atoms with Crippen molar-refractivity contribution in [2.75, 3.05) is 5.32 Å². The first-order chi connectivity index (χ1) is 17.0. The molecule has 1 aromatic carbocycles. The van der Waals surface area contributed by atoms with Crippen molar-refractivity contribution in [3.8, 4) is 0 Å². The lowest BCUT2D eigenvalue weighted by Crippen LogP contribution is -2.40. The molecular weight excluding hydrogens is 466 g/mol. The number of benzene rings is 1. The molecule has 4 aromatic heterocycles. The van der Waals surface area contributed by atoms with Gasteiger partial charge in [0.05, 0.1) is 17.8 Å². The van der Waals surface area contributed by atoms with E-state index in [4.69, 9.17) is 4.74 Å². The van der Waals surface area contributed by atoms with Crippen LogP contribution in [-0.2, 0) is 25.4 Å². The van der Waals surface area contributed by atoms with Crippen molar-refractivity contribution in [2.24, 2.45) is 14.1 Å². The number of hydrogen-bond acceptors (Lipinski definition) is 8. The molecule has 0 spiro atoms. The van der Waals surface area contributed by atoms with Crippen LogP contribution in [0.5, 0.6) is 0 Å². The van der Waals surface area contributed by atoms with Gasteiger partial charge in [-0.2, -0.15) is 15.1 Å². The van der Waals surface area contributed by atoms with Gasteiger partial charge in [-0.1, -0.05) is 18.2 Å². The van der Waals surface area contributed by atoms with E-state index in [1.807, 2.05) is 18.2 Å². The molecule has 0 amide bonds. The molecule has 13 heteroatoms. The highest BCUT2D eigenvalue weighted by atomic mass is 16.6. The molecule has 0 fully saturated rings. The molecular formula is C23H25N9O4. The minimum Gasteiger partial charge on any atom is -0.443 e. The van der Waals surface area contributed by atoms with Crippen LogP contribution in [0.4, 0.5) is 16.7 Å². The monoisotopic (exact) mass is 491 g/mol. The average Bonchev–Trinajstić information content (AvgIpc) is 3.52. The number of aryl methyl sites for hydroxylation is 2. The molecule has 0 aliphatic carbocycles. The highest BCUT2D eigenvalue weighted by Gasteiger charge is 2.24. The van der Waals surface area contributed by atoms with Gasteiger partial charge in [0.1, 0.15) is 11.9 Å². The summed E-state index contributed by atoms with van der Waals surface area (Å²) in [6.45, 7) is 5.18. The van der Waals surface area contributed by atoms with Crippen molar-refractivity contribution in [3.05, 3.63) is 63.2 Å². The first-order valence-electron chi connectivity index (χ1n) is 11.2. The molecule has 2 N–H and O–H groups in total. The molecule has 5 aromatic rings. The Morgan fingerprint density at radius 2 is 1.89 bits per heavy atom. The van der Waals surface area contributed by atoms with Gasteiger partial charge in [0, 0.05) is 19.5 Å². The van der Waals surface area contributed by atoms with Crippen LogP contribution in [0.3, 0.4) is 0 Å². The summed E-state index contributed by atoms with van der Waals surface area (Å²) in [6.07, 6.45) is 0.737. The molecule has 0 saturated heterocycles. The van der Waals surface area contributed by atoms with E-state index in [1.54, 1.807) is 44.5 Å². The van der Waals surface area contributed by atoms with Gasteiger partial charge < -0.3 is 9.30 Å². The summed E-state index contributed by atoms with van der Waals surface area (Å²) in [5, 5.41) is 10.2. The number of anilines is 2. The number of carbonyl (C=O) groups excluding carboxylic acids is 1. The Kier molecular flexibility index (Phi) is 5.27. The first-order valence-corrected chi connectivity index (χ1v) is 11.2. The van der Waals surface area contributed by atoms with Crippen LogP contribution < -0.4 is 16.6 Å². The third-order valence-corrected chi connectivity index (χ3v) is 5.69. The number of nitrogens with zero attached hydrogens (tertiary/aromatic N) is 7. The van der Waals surface area contributed by atoms with E-state index in [0.29, 0.717) is 23.1 Å². The molecule has 4 heterocycles. The second kappa shape index (κ2) is 8.22. The van der Waals surface area contributed by atoms with Crippen LogP contribution in [0.25, 0.3) is 22.1 Å². The topological polar surface area (TPSA) is 147 Å². The maximum atomic E-state index is 13.6. The molecule has 0 bridgehead atoms. The fourth-order valence-electron chi connectivity index (χ4n) is 4.08. The second-order valence-electron chi connectivity index (χ2n) is 9.37. The molecule has 5 rings (SSSR count). The maximum absolute atomic E-state index is 13.6. The van der Waals surface area contributed by atoms with Crippen molar-refractivity contribution >= 4 is 40.1 Å². The molecule has 0 atom stereocenters. The Hall–Kier alpha value is -4.68. The van der Waals surface area contributed by atoms with Gasteiger partial charge in [-0.05, 0) is 32.9 Å². The van der Waals surface area contributed by atoms with E-state index in [0.717, 1.165) is 9.95 Å². The van der Waals surface area contributed by atoms with Crippen molar-refractivity contribution in [2.45, 2.75) is 32.9 Å². The number of para-hydroxylation sites is 1. The zero-order valence-electron chi connectivity index (χ0n) is 20.4. The number of aromatic nitrogens is 8. The summed E-state index contributed by atoms with van der Waals surface area (Å²) in [5.41, 5.74) is -0.379. The lowest BCUT2D eigenvalue weighted by Gasteiger charge is -2.21. The molecule has 0 radical (unpaired) electrons. The van der Waals surface area contributed by atoms with Crippen LogP contribution in [0, 0.1) is 0 Å². The Bertz CT molecular complexity index is 1730. The summed E-state index contributed by atoms with van der Waals surface area (Å²) in [6, 6.07) is 9.07. The van der Waals surface area contributed by atoms with E-state index in [1.165, 1.54) is 22.5 Å². The highest BCUT2D eigenvalue weighted by Crippen LogP contribution is 2.23. The minimum atomic E-state index is -0.729. The SMILES string of the molecule is Cn1c(Nc2ncn[nH]2)nc2c1c(=O)n(Cc1cc3ccccc3n1C(=O)OC(C)(C)C)c(=O)n2C. The number of nitrogens with one attached hydrogen (secondary N) is 2. The van der Waals surface area contributed by atoms with Gasteiger partial charge >= 0.3 is 11.8 Å². The number of ether oxygens (including phenoxy) is 1. The van der Waals surface area contributed by atoms with E-state index >= 15 is 0 Å². The fourth-order valence-corrected chi connectivity index (χ4v) is 4.08. The van der Waals surface area contributed by atoms with E-state index in [2.05, 4.69) is 25.5 Å². The van der Waals surface area contributed by atoms with Crippen LogP contribution >= 0.6 is 0 Å². The van der Waals surface area contributed by atoms with Crippen LogP contribution in [-0.4, -0.2) is 50.1 Å². The Labute approximate surface area is 204 Å². The van der Waals surface area contributed by atoms with Crippen molar-refractivity contribution in [3.63, 3.8) is 0 Å². The predicted octanol–water partition coefficient (Wildman–Crippen LogP) is 2.08. The number of imidazole rings is 1. The van der Waals surface area contributed by atoms with Crippen LogP contribution in [0.1, 0.15) is 26.5 Å². The lowest BCUT2D eigenvalue weighted by atomic mass is 10.2. The number of aromatic amines is 1. The molecule has 13 nitrogen and oxygen atoms in total. The lowest BCUT2D eigenvalue weighted by molar-refractivity contribution is 0.0540. The van der Waals surface area contributed by atoms with Gasteiger partial charge in [-0.15, -0.1) is 0 Å². The zero-order chi connectivity index (χ0) is 25.8. The molecule has 0 unspecified atom stereocenters. The van der Waals surface area contributed by atoms with E-state index in [-0.39, 0.29) is 17.7 Å². The smallest absolute Gasteiger partial charge is 0.419 e. The Morgan fingerprint density at radius 1 is 1.14 bits per heavy atom. The Morgan fingerprint density at radius 3 is 2.58 bits per heavy atom. The van der Waals surface area contributed by atoms with E-state index in [9.17, 15) is 14.4 Å². The highest BCUT2D eigenvalue weighted by molar-refractivity contribution is 5.91. The average molecular weight is 492 g/mol. The molecule has 36 heavy (non-hydrogen) atoms. The summed E-state index contributed by atoms with van der Waals surface area (Å²) in [4.78, 5) is 48.4. The Balaban J connectivity index is 1.66. The first kappa shape index (κ1) is 23.1. The van der Waals surface area contributed by atoms with Crippen molar-refractivity contribution in [1.29, 1.82) is 0 Å². The van der Waals surface area contributed by atoms with Crippen molar-refractivity contribution < 1.29 is 9.53 Å². The van der Waals surface area contributed by atoms with Gasteiger partial charge in [0.25, 0.3) is 5.56 Å². The summed E-state index contributed by atoms with van der Waals surface area (Å²) in [7, 11) is 3.19. The third kappa shape index (κ3) is 3.83. The predicted molar refractivity (Wildman–Crippen MR) is 133 cm³/mol. The second-order valence-corrected chi connectivity index (χ2v) is 9.37. The number of H-pyrrole nitrogens is 1. The largest absolute Gasteiger partial charge is 0.443 e. The summed E-state index contributed by atoms with van der Waals surface area (Å²) in [5.74, 6) is 0.634. The third-order valence-electron chi connectivity index (χ3n) is 5.69.